The minimum atomic E-state index is -4.84. The molecule has 0 fully saturated rings. The molecule has 0 heterocycles. The molecule has 21 heavy (non-hydrogen) atoms. The lowest BCUT2D eigenvalue weighted by molar-refractivity contribution is -0.139. The van der Waals surface area contributed by atoms with Crippen molar-refractivity contribution >= 4 is 21.6 Å². The molecule has 0 saturated heterocycles. The molecular formula is C12H15ClF3NO3S. The van der Waals surface area contributed by atoms with Crippen LogP contribution in [0.3, 0.4) is 0 Å². The second-order valence-electron chi connectivity index (χ2n) is 4.27. The maximum Gasteiger partial charge on any atom is 0.417 e. The van der Waals surface area contributed by atoms with Gasteiger partial charge in [-0.25, -0.2) is 8.42 Å². The minimum Gasteiger partial charge on any atom is -0.395 e. The number of rotatable bonds is 6. The molecule has 0 aliphatic heterocycles. The highest BCUT2D eigenvalue weighted by molar-refractivity contribution is 7.89. The van der Waals surface area contributed by atoms with Gasteiger partial charge in [-0.1, -0.05) is 18.5 Å². The van der Waals surface area contributed by atoms with E-state index in [9.17, 15) is 21.6 Å². The Balaban J connectivity index is 3.43. The van der Waals surface area contributed by atoms with Crippen molar-refractivity contribution in [1.82, 2.24) is 4.31 Å². The monoisotopic (exact) mass is 345 g/mol. The first kappa shape index (κ1) is 18.2. The molecule has 0 unspecified atom stereocenters. The number of hydrogen-bond donors (Lipinski definition) is 1. The molecule has 0 saturated carbocycles. The van der Waals surface area contributed by atoms with Crippen molar-refractivity contribution in [3.8, 4) is 0 Å². The van der Waals surface area contributed by atoms with Crippen LogP contribution in [-0.4, -0.2) is 37.5 Å². The number of sulfonamides is 1. The van der Waals surface area contributed by atoms with Gasteiger partial charge in [-0.3, -0.25) is 0 Å². The third-order valence-corrected chi connectivity index (χ3v) is 4.88. The molecule has 1 aromatic carbocycles. The molecule has 0 bridgehead atoms. The summed E-state index contributed by atoms with van der Waals surface area (Å²) < 4.78 is 64.6. The van der Waals surface area contributed by atoms with Gasteiger partial charge < -0.3 is 5.11 Å². The van der Waals surface area contributed by atoms with Crippen molar-refractivity contribution in [2.45, 2.75) is 24.4 Å². The summed E-state index contributed by atoms with van der Waals surface area (Å²) in [7, 11) is -4.36. The molecule has 4 nitrogen and oxygen atoms in total. The highest BCUT2D eigenvalue weighted by atomic mass is 35.5. The maximum atomic E-state index is 13.0. The summed E-state index contributed by atoms with van der Waals surface area (Å²) in [5, 5.41) is 8.69. The molecule has 120 valence electrons. The molecule has 1 aromatic rings. The van der Waals surface area contributed by atoms with Gasteiger partial charge in [0, 0.05) is 18.1 Å². The third kappa shape index (κ3) is 4.32. The highest BCUT2D eigenvalue weighted by Crippen LogP contribution is 2.36. The first-order chi connectivity index (χ1) is 9.64. The lowest BCUT2D eigenvalue weighted by atomic mass is 10.2. The predicted octanol–water partition coefficient (Wildman–Crippen LogP) is 2.75. The lowest BCUT2D eigenvalue weighted by Crippen LogP contribution is -2.35. The Morgan fingerprint density at radius 1 is 1.29 bits per heavy atom. The number of nitrogens with zero attached hydrogens (tertiary/aromatic N) is 1. The Morgan fingerprint density at radius 2 is 1.90 bits per heavy atom. The molecule has 0 amide bonds. The smallest absolute Gasteiger partial charge is 0.395 e. The summed E-state index contributed by atoms with van der Waals surface area (Å²) in [6, 6.07) is 2.50. The van der Waals surface area contributed by atoms with Crippen molar-refractivity contribution in [1.29, 1.82) is 0 Å². The number of aliphatic hydroxyl groups is 1. The molecule has 1 rings (SSSR count). The highest BCUT2D eigenvalue weighted by Gasteiger charge is 2.39. The maximum absolute atomic E-state index is 13.0. The van der Waals surface area contributed by atoms with E-state index in [0.717, 1.165) is 16.4 Å². The van der Waals surface area contributed by atoms with Crippen LogP contribution in [0.15, 0.2) is 23.1 Å². The number of hydrogen-bond acceptors (Lipinski definition) is 3. The van der Waals surface area contributed by atoms with Crippen molar-refractivity contribution in [3.63, 3.8) is 0 Å². The van der Waals surface area contributed by atoms with Gasteiger partial charge in [0.1, 0.15) is 0 Å². The zero-order chi connectivity index (χ0) is 16.3. The van der Waals surface area contributed by atoms with Crippen LogP contribution in [0, 0.1) is 0 Å². The van der Waals surface area contributed by atoms with Gasteiger partial charge in [-0.05, 0) is 24.6 Å². The fraction of sp³-hybridized carbons (Fsp3) is 0.500. The number of benzene rings is 1. The molecule has 0 atom stereocenters. The van der Waals surface area contributed by atoms with Crippen LogP contribution in [0.25, 0.3) is 0 Å². The summed E-state index contributed by atoms with van der Waals surface area (Å²) in [5.41, 5.74) is -1.31. The van der Waals surface area contributed by atoms with E-state index in [-0.39, 0.29) is 18.1 Å². The van der Waals surface area contributed by atoms with Crippen LogP contribution in [0.4, 0.5) is 13.2 Å². The van der Waals surface area contributed by atoms with Crippen LogP contribution in [0.1, 0.15) is 18.9 Å². The molecule has 9 heteroatoms. The quantitative estimate of drug-likeness (QED) is 0.862. The van der Waals surface area contributed by atoms with Gasteiger partial charge >= 0.3 is 6.18 Å². The normalized spacial score (nSPS) is 12.9. The average Bonchev–Trinajstić information content (AvgIpc) is 2.37. The summed E-state index contributed by atoms with van der Waals surface area (Å²) >= 11 is 5.53. The Labute approximate surface area is 126 Å². The molecule has 1 N–H and O–H groups in total. The van der Waals surface area contributed by atoms with Gasteiger partial charge in [-0.15, -0.1) is 0 Å². The second kappa shape index (κ2) is 6.95. The lowest BCUT2D eigenvalue weighted by Gasteiger charge is -2.23. The average molecular weight is 346 g/mol. The van der Waals surface area contributed by atoms with Crippen molar-refractivity contribution < 1.29 is 26.7 Å². The molecule has 0 aliphatic rings. The van der Waals surface area contributed by atoms with Crippen LogP contribution in [0.2, 0.25) is 5.02 Å². The van der Waals surface area contributed by atoms with E-state index < -0.39 is 33.3 Å². The van der Waals surface area contributed by atoms with Crippen LogP contribution in [-0.2, 0) is 16.2 Å². The second-order valence-corrected chi connectivity index (χ2v) is 6.61. The molecule has 0 aliphatic carbocycles. The van der Waals surface area contributed by atoms with Gasteiger partial charge in [0.25, 0.3) is 0 Å². The van der Waals surface area contributed by atoms with Gasteiger partial charge in [0.05, 0.1) is 17.1 Å². The zero-order valence-corrected chi connectivity index (χ0v) is 12.8. The predicted molar refractivity (Wildman–Crippen MR) is 72.6 cm³/mol. The molecule has 0 aromatic heterocycles. The van der Waals surface area contributed by atoms with Crippen molar-refractivity contribution in [2.75, 3.05) is 19.7 Å². The van der Waals surface area contributed by atoms with E-state index in [4.69, 9.17) is 16.7 Å². The number of alkyl halides is 3. The van der Waals surface area contributed by atoms with E-state index in [2.05, 4.69) is 0 Å². The first-order valence-corrected chi connectivity index (χ1v) is 7.94. The number of aliphatic hydroxyl groups excluding tert-OH is 1. The van der Waals surface area contributed by atoms with Gasteiger partial charge in [-0.2, -0.15) is 17.5 Å². The summed E-state index contributed by atoms with van der Waals surface area (Å²) in [5.74, 6) is 0. The van der Waals surface area contributed by atoms with E-state index in [1.807, 2.05) is 0 Å². The van der Waals surface area contributed by atoms with Crippen molar-refractivity contribution in [3.05, 3.63) is 28.8 Å². The minimum absolute atomic E-state index is 0.0167. The Kier molecular flexibility index (Phi) is 6.03. The standard InChI is InChI=1S/C12H15ClF3NO3S/c1-2-5-17(6-7-18)21(19,20)11-4-3-9(13)8-10(11)12(14,15)16/h3-4,8,18H,2,5-7H2,1H3. The summed E-state index contributed by atoms with van der Waals surface area (Å²) in [4.78, 5) is -0.860. The largest absolute Gasteiger partial charge is 0.417 e. The summed E-state index contributed by atoms with van der Waals surface area (Å²) in [6.07, 6.45) is -4.43. The third-order valence-electron chi connectivity index (χ3n) is 2.69. The van der Waals surface area contributed by atoms with Crippen molar-refractivity contribution in [2.24, 2.45) is 0 Å². The van der Waals surface area contributed by atoms with Crippen LogP contribution >= 0.6 is 11.6 Å². The first-order valence-electron chi connectivity index (χ1n) is 6.12. The SMILES string of the molecule is CCCN(CCO)S(=O)(=O)c1ccc(Cl)cc1C(F)(F)F. The van der Waals surface area contributed by atoms with E-state index >= 15 is 0 Å². The van der Waals surface area contributed by atoms with E-state index in [1.54, 1.807) is 6.92 Å². The van der Waals surface area contributed by atoms with Crippen LogP contribution < -0.4 is 0 Å². The molecule has 0 spiro atoms. The fourth-order valence-electron chi connectivity index (χ4n) is 1.80. The number of halogens is 4. The van der Waals surface area contributed by atoms with Gasteiger partial charge in [0.2, 0.25) is 10.0 Å². The Hall–Kier alpha value is -0.830. The molecular weight excluding hydrogens is 331 g/mol. The Bertz CT molecular complexity index is 584. The topological polar surface area (TPSA) is 57.6 Å². The summed E-state index contributed by atoms with van der Waals surface area (Å²) in [6.45, 7) is 0.958. The Morgan fingerprint density at radius 3 is 2.38 bits per heavy atom. The fourth-order valence-corrected chi connectivity index (χ4v) is 3.69. The van der Waals surface area contributed by atoms with E-state index in [0.29, 0.717) is 12.5 Å². The van der Waals surface area contributed by atoms with E-state index in [1.165, 1.54) is 0 Å². The van der Waals surface area contributed by atoms with Crippen LogP contribution in [0.5, 0.6) is 0 Å². The zero-order valence-electron chi connectivity index (χ0n) is 11.2. The molecule has 0 radical (unpaired) electrons. The van der Waals surface area contributed by atoms with Gasteiger partial charge in [0.15, 0.2) is 0 Å².